The van der Waals surface area contributed by atoms with Crippen molar-refractivity contribution >= 4 is 22.4 Å². The molecule has 1 rings (SSSR count). The van der Waals surface area contributed by atoms with E-state index in [0.29, 0.717) is 5.13 Å². The van der Waals surface area contributed by atoms with Crippen molar-refractivity contribution in [3.05, 3.63) is 5.01 Å². The number of nitrogens with zero attached hydrogens (tertiary/aromatic N) is 2. The van der Waals surface area contributed by atoms with Crippen LogP contribution < -0.4 is 5.32 Å². The second kappa shape index (κ2) is 6.58. The van der Waals surface area contributed by atoms with Gasteiger partial charge in [-0.25, -0.2) is 0 Å². The predicted molar refractivity (Wildman–Crippen MR) is 66.6 cm³/mol. The lowest BCUT2D eigenvalue weighted by atomic mass is 10.2. The summed E-state index contributed by atoms with van der Waals surface area (Å²) in [5.41, 5.74) is 0. The molecule has 1 heterocycles. The van der Waals surface area contributed by atoms with Crippen molar-refractivity contribution < 1.29 is 4.79 Å². The summed E-state index contributed by atoms with van der Waals surface area (Å²) in [6, 6.07) is 0. The number of hydrogen-bond donors (Lipinski definition) is 1. The third-order valence-electron chi connectivity index (χ3n) is 2.22. The summed E-state index contributed by atoms with van der Waals surface area (Å²) in [6.07, 6.45) is 4.52. The second-order valence-corrected chi connectivity index (χ2v) is 5.16. The first-order chi connectivity index (χ1) is 7.63. The number of carbonyl (C=O) groups excluding carboxylic acids is 1. The van der Waals surface area contributed by atoms with Crippen molar-refractivity contribution in [3.63, 3.8) is 0 Å². The molecule has 5 heteroatoms. The fourth-order valence-electron chi connectivity index (χ4n) is 1.18. The molecule has 0 spiro atoms. The molecule has 0 radical (unpaired) electrons. The van der Waals surface area contributed by atoms with E-state index in [2.05, 4.69) is 22.4 Å². The van der Waals surface area contributed by atoms with Crippen LogP contribution in [0.25, 0.3) is 0 Å². The Hall–Kier alpha value is -0.970. The van der Waals surface area contributed by atoms with Crippen LogP contribution in [-0.4, -0.2) is 16.1 Å². The molecule has 16 heavy (non-hydrogen) atoms. The van der Waals surface area contributed by atoms with Crippen molar-refractivity contribution in [1.29, 1.82) is 0 Å². The van der Waals surface area contributed by atoms with Gasteiger partial charge in [-0.05, 0) is 6.42 Å². The fraction of sp³-hybridized carbons (Fsp3) is 0.727. The van der Waals surface area contributed by atoms with Gasteiger partial charge in [-0.2, -0.15) is 0 Å². The zero-order valence-electron chi connectivity index (χ0n) is 10.1. The molecule has 1 aromatic heterocycles. The standard InChI is InChI=1S/C11H19N3OS/c1-4-5-6-7-9-13-14-11(16-9)12-10(15)8(2)3/h8H,4-7H2,1-3H3,(H,12,14,15). The van der Waals surface area contributed by atoms with Crippen molar-refractivity contribution in [2.45, 2.75) is 46.5 Å². The molecule has 1 amide bonds. The fourth-order valence-corrected chi connectivity index (χ4v) is 1.97. The van der Waals surface area contributed by atoms with E-state index in [0.717, 1.165) is 17.8 Å². The number of carbonyl (C=O) groups is 1. The quantitative estimate of drug-likeness (QED) is 0.779. The lowest BCUT2D eigenvalue weighted by Gasteiger charge is -2.02. The smallest absolute Gasteiger partial charge is 0.228 e. The lowest BCUT2D eigenvalue weighted by Crippen LogP contribution is -2.17. The number of unbranched alkanes of at least 4 members (excludes halogenated alkanes) is 2. The van der Waals surface area contributed by atoms with Crippen LogP contribution in [0, 0.1) is 5.92 Å². The second-order valence-electron chi connectivity index (χ2n) is 4.10. The van der Waals surface area contributed by atoms with Crippen molar-refractivity contribution in [2.24, 2.45) is 5.92 Å². The van der Waals surface area contributed by atoms with Crippen LogP contribution >= 0.6 is 11.3 Å². The zero-order valence-corrected chi connectivity index (χ0v) is 10.9. The summed E-state index contributed by atoms with van der Waals surface area (Å²) in [5, 5.41) is 12.4. The van der Waals surface area contributed by atoms with Gasteiger partial charge >= 0.3 is 0 Å². The third kappa shape index (κ3) is 4.26. The molecular weight excluding hydrogens is 222 g/mol. The summed E-state index contributed by atoms with van der Waals surface area (Å²) in [5.74, 6) is -0.0244. The van der Waals surface area contributed by atoms with E-state index in [1.807, 2.05) is 13.8 Å². The Morgan fingerprint density at radius 1 is 1.38 bits per heavy atom. The molecule has 0 aliphatic rings. The summed E-state index contributed by atoms with van der Waals surface area (Å²) >= 11 is 1.47. The number of amides is 1. The van der Waals surface area contributed by atoms with Gasteiger partial charge in [0.1, 0.15) is 5.01 Å². The first kappa shape index (κ1) is 13.1. The van der Waals surface area contributed by atoms with Gasteiger partial charge < -0.3 is 5.32 Å². The van der Waals surface area contributed by atoms with Gasteiger partial charge in [-0.3, -0.25) is 4.79 Å². The van der Waals surface area contributed by atoms with E-state index in [9.17, 15) is 4.79 Å². The summed E-state index contributed by atoms with van der Waals surface area (Å²) < 4.78 is 0. The summed E-state index contributed by atoms with van der Waals surface area (Å²) in [6.45, 7) is 5.89. The largest absolute Gasteiger partial charge is 0.300 e. The molecule has 0 aliphatic heterocycles. The van der Waals surface area contributed by atoms with Crippen LogP contribution in [0.4, 0.5) is 5.13 Å². The lowest BCUT2D eigenvalue weighted by molar-refractivity contribution is -0.118. The number of rotatable bonds is 6. The van der Waals surface area contributed by atoms with E-state index < -0.39 is 0 Å². The first-order valence-electron chi connectivity index (χ1n) is 5.76. The van der Waals surface area contributed by atoms with E-state index in [-0.39, 0.29) is 11.8 Å². The Bertz CT molecular complexity index is 336. The average Bonchev–Trinajstić information content (AvgIpc) is 2.66. The monoisotopic (exact) mass is 241 g/mol. The number of aromatic nitrogens is 2. The summed E-state index contributed by atoms with van der Waals surface area (Å²) in [7, 11) is 0. The van der Waals surface area contributed by atoms with Crippen LogP contribution in [0.3, 0.4) is 0 Å². The highest BCUT2D eigenvalue weighted by Gasteiger charge is 2.10. The van der Waals surface area contributed by atoms with Gasteiger partial charge in [0.05, 0.1) is 0 Å². The molecule has 0 saturated heterocycles. The maximum atomic E-state index is 11.4. The number of hydrogen-bond acceptors (Lipinski definition) is 4. The van der Waals surface area contributed by atoms with E-state index in [4.69, 9.17) is 0 Å². The molecule has 0 aromatic carbocycles. The Balaban J connectivity index is 2.42. The Morgan fingerprint density at radius 2 is 2.12 bits per heavy atom. The van der Waals surface area contributed by atoms with Crippen LogP contribution in [0.1, 0.15) is 45.0 Å². The molecule has 0 unspecified atom stereocenters. The number of anilines is 1. The Morgan fingerprint density at radius 3 is 2.75 bits per heavy atom. The molecule has 0 atom stereocenters. The molecule has 4 nitrogen and oxygen atoms in total. The van der Waals surface area contributed by atoms with Crippen LogP contribution in [0.5, 0.6) is 0 Å². The molecule has 90 valence electrons. The minimum Gasteiger partial charge on any atom is -0.300 e. The molecular formula is C11H19N3OS. The van der Waals surface area contributed by atoms with Crippen molar-refractivity contribution in [1.82, 2.24) is 10.2 Å². The molecule has 0 saturated carbocycles. The highest BCUT2D eigenvalue weighted by Crippen LogP contribution is 2.18. The van der Waals surface area contributed by atoms with E-state index in [1.54, 1.807) is 0 Å². The number of nitrogens with one attached hydrogen (secondary N) is 1. The maximum absolute atomic E-state index is 11.4. The van der Waals surface area contributed by atoms with Crippen LogP contribution in [0.15, 0.2) is 0 Å². The molecule has 0 aliphatic carbocycles. The predicted octanol–water partition coefficient (Wildman–Crippen LogP) is 2.87. The normalized spacial score (nSPS) is 10.8. The summed E-state index contributed by atoms with van der Waals surface area (Å²) in [4.78, 5) is 11.4. The molecule has 0 fully saturated rings. The molecule has 0 bridgehead atoms. The highest BCUT2D eigenvalue weighted by molar-refractivity contribution is 7.15. The maximum Gasteiger partial charge on any atom is 0.228 e. The SMILES string of the molecule is CCCCCc1nnc(NC(=O)C(C)C)s1. The topological polar surface area (TPSA) is 54.9 Å². The van der Waals surface area contributed by atoms with E-state index >= 15 is 0 Å². The van der Waals surface area contributed by atoms with Crippen LogP contribution in [-0.2, 0) is 11.2 Å². The van der Waals surface area contributed by atoms with E-state index in [1.165, 1.54) is 24.2 Å². The Kier molecular flexibility index (Phi) is 5.38. The highest BCUT2D eigenvalue weighted by atomic mass is 32.1. The van der Waals surface area contributed by atoms with Gasteiger partial charge in [-0.15, -0.1) is 10.2 Å². The minimum absolute atomic E-state index is 0.00346. The Labute approximate surface area is 100 Å². The zero-order chi connectivity index (χ0) is 12.0. The van der Waals surface area contributed by atoms with Gasteiger partial charge in [0.25, 0.3) is 0 Å². The van der Waals surface area contributed by atoms with Gasteiger partial charge in [0.15, 0.2) is 0 Å². The molecule has 1 N–H and O–H groups in total. The molecule has 1 aromatic rings. The van der Waals surface area contributed by atoms with Gasteiger partial charge in [0, 0.05) is 12.3 Å². The minimum atomic E-state index is -0.0209. The average molecular weight is 241 g/mol. The van der Waals surface area contributed by atoms with Crippen molar-refractivity contribution in [2.75, 3.05) is 5.32 Å². The van der Waals surface area contributed by atoms with Crippen molar-refractivity contribution in [3.8, 4) is 0 Å². The number of aryl methyl sites for hydroxylation is 1. The first-order valence-corrected chi connectivity index (χ1v) is 6.58. The van der Waals surface area contributed by atoms with Crippen LogP contribution in [0.2, 0.25) is 0 Å². The van der Waals surface area contributed by atoms with Gasteiger partial charge in [0.2, 0.25) is 11.0 Å². The third-order valence-corrected chi connectivity index (χ3v) is 3.11. The van der Waals surface area contributed by atoms with Gasteiger partial charge in [-0.1, -0.05) is 44.9 Å².